The lowest BCUT2D eigenvalue weighted by Gasteiger charge is -2.22. The van der Waals surface area contributed by atoms with Crippen molar-refractivity contribution in [1.82, 2.24) is 9.13 Å². The zero-order valence-electron chi connectivity index (χ0n) is 33.1. The molecule has 1 aliphatic rings. The number of rotatable bonds is 2. The summed E-state index contributed by atoms with van der Waals surface area (Å²) in [6.07, 6.45) is 0. The third-order valence-corrected chi connectivity index (χ3v) is 13.9. The van der Waals surface area contributed by atoms with Gasteiger partial charge in [-0.1, -0.05) is 123 Å². The zero-order chi connectivity index (χ0) is 39.4. The molecular formula is C57H36N2O. The molecule has 0 amide bonds. The predicted molar refractivity (Wildman–Crippen MR) is 252 cm³/mol. The van der Waals surface area contributed by atoms with E-state index in [0.717, 1.165) is 27.6 Å². The Labute approximate surface area is 344 Å². The molecule has 0 N–H and O–H groups in total. The highest BCUT2D eigenvalue weighted by Crippen LogP contribution is 2.53. The van der Waals surface area contributed by atoms with Gasteiger partial charge in [0.2, 0.25) is 0 Å². The van der Waals surface area contributed by atoms with E-state index in [1.54, 1.807) is 0 Å². The van der Waals surface area contributed by atoms with Crippen molar-refractivity contribution in [3.05, 3.63) is 193 Å². The van der Waals surface area contributed by atoms with Gasteiger partial charge in [-0.15, -0.1) is 0 Å². The lowest BCUT2D eigenvalue weighted by atomic mass is 9.82. The van der Waals surface area contributed by atoms with Gasteiger partial charge in [0.25, 0.3) is 0 Å². The standard InChI is InChI=1S/C57H36N2O/c1-57(2)49-31-53-46(40-17-7-10-20-51(40)58(53)33-23-25-39-37-15-4-3-13-35(37)36-14-5-6-16-38(36)43(39)27-33)29-44(49)45-30-47-41-18-8-11-21-52(41)59(54(47)32-50(45)57)34-24-26-56-48(28-34)42-19-9-12-22-55(42)60-56/h3-32H,1-2H3. The summed E-state index contributed by atoms with van der Waals surface area (Å²) in [4.78, 5) is 0. The Morgan fingerprint density at radius 1 is 0.317 bits per heavy atom. The van der Waals surface area contributed by atoms with Crippen LogP contribution in [0.2, 0.25) is 0 Å². The van der Waals surface area contributed by atoms with Crippen molar-refractivity contribution in [2.75, 3.05) is 0 Å². The molecule has 1 aliphatic carbocycles. The monoisotopic (exact) mass is 764 g/mol. The second-order valence-corrected chi connectivity index (χ2v) is 17.3. The van der Waals surface area contributed by atoms with E-state index in [0.29, 0.717) is 0 Å². The third kappa shape index (κ3) is 4.09. The number of para-hydroxylation sites is 3. The lowest BCUT2D eigenvalue weighted by molar-refractivity contribution is 0.661. The minimum absolute atomic E-state index is 0.237. The zero-order valence-corrected chi connectivity index (χ0v) is 33.1. The Kier molecular flexibility index (Phi) is 6.10. The fourth-order valence-corrected chi connectivity index (χ4v) is 11.1. The molecule has 0 saturated heterocycles. The number of hydrogen-bond acceptors (Lipinski definition) is 1. The molecule has 3 heterocycles. The fourth-order valence-electron chi connectivity index (χ4n) is 11.1. The van der Waals surface area contributed by atoms with E-state index in [1.165, 1.54) is 104 Å². The van der Waals surface area contributed by atoms with E-state index in [1.807, 2.05) is 6.07 Å². The van der Waals surface area contributed by atoms with Crippen LogP contribution >= 0.6 is 0 Å². The van der Waals surface area contributed by atoms with Gasteiger partial charge in [-0.2, -0.15) is 0 Å². The van der Waals surface area contributed by atoms with Crippen molar-refractivity contribution in [2.24, 2.45) is 0 Å². The summed E-state index contributed by atoms with van der Waals surface area (Å²) in [6, 6.07) is 67.5. The summed E-state index contributed by atoms with van der Waals surface area (Å²) in [5, 5.41) is 15.1. The number of furan rings is 1. The molecule has 60 heavy (non-hydrogen) atoms. The second kappa shape index (κ2) is 11.3. The maximum Gasteiger partial charge on any atom is 0.135 e. The van der Waals surface area contributed by atoms with E-state index in [-0.39, 0.29) is 5.41 Å². The van der Waals surface area contributed by atoms with Gasteiger partial charge in [0.05, 0.1) is 22.1 Å². The average Bonchev–Trinajstić information content (AvgIpc) is 3.99. The van der Waals surface area contributed by atoms with E-state index >= 15 is 0 Å². The first kappa shape index (κ1) is 32.3. The van der Waals surface area contributed by atoms with Crippen LogP contribution in [0.25, 0.3) is 120 Å². The van der Waals surface area contributed by atoms with Crippen LogP contribution in [0, 0.1) is 0 Å². The SMILES string of the molecule is CC1(C)c2cc3c(cc2-c2cc4c5ccccc5n(-c5ccc6c7ccccc7c7ccccc7c6c5)c4cc21)c1ccccc1n3-c1ccc2oc3ccccc3c2c1. The van der Waals surface area contributed by atoms with E-state index < -0.39 is 0 Å². The van der Waals surface area contributed by atoms with Crippen LogP contribution in [-0.2, 0) is 5.41 Å². The molecule has 0 radical (unpaired) electrons. The molecule has 0 bridgehead atoms. The summed E-state index contributed by atoms with van der Waals surface area (Å²) in [7, 11) is 0. The van der Waals surface area contributed by atoms with Crippen LogP contribution in [0.1, 0.15) is 25.0 Å². The van der Waals surface area contributed by atoms with Crippen LogP contribution in [0.5, 0.6) is 0 Å². The number of benzene rings is 10. The second-order valence-electron chi connectivity index (χ2n) is 17.3. The highest BCUT2D eigenvalue weighted by atomic mass is 16.3. The van der Waals surface area contributed by atoms with E-state index in [2.05, 4.69) is 199 Å². The van der Waals surface area contributed by atoms with Gasteiger partial charge in [0.1, 0.15) is 11.2 Å². The van der Waals surface area contributed by atoms with Crippen molar-refractivity contribution < 1.29 is 4.42 Å². The first-order chi connectivity index (χ1) is 29.5. The summed E-state index contributed by atoms with van der Waals surface area (Å²) in [5.74, 6) is 0. The van der Waals surface area contributed by atoms with Gasteiger partial charge in [0.15, 0.2) is 0 Å². The normalized spacial score (nSPS) is 13.6. The van der Waals surface area contributed by atoms with Gasteiger partial charge < -0.3 is 13.6 Å². The number of hydrogen-bond donors (Lipinski definition) is 0. The largest absolute Gasteiger partial charge is 0.456 e. The van der Waals surface area contributed by atoms with E-state index in [9.17, 15) is 0 Å². The first-order valence-corrected chi connectivity index (χ1v) is 20.9. The fraction of sp³-hybridized carbons (Fsp3) is 0.0526. The molecule has 280 valence electrons. The van der Waals surface area contributed by atoms with E-state index in [4.69, 9.17) is 4.42 Å². The molecule has 0 aliphatic heterocycles. The van der Waals surface area contributed by atoms with Gasteiger partial charge in [-0.05, 0) is 127 Å². The quantitative estimate of drug-likeness (QED) is 0.161. The topological polar surface area (TPSA) is 23.0 Å². The third-order valence-electron chi connectivity index (χ3n) is 13.9. The smallest absolute Gasteiger partial charge is 0.135 e. The van der Waals surface area contributed by atoms with Crippen molar-refractivity contribution in [2.45, 2.75) is 19.3 Å². The summed E-state index contributed by atoms with van der Waals surface area (Å²) >= 11 is 0. The molecular weight excluding hydrogens is 729 g/mol. The van der Waals surface area contributed by atoms with Crippen LogP contribution in [0.4, 0.5) is 0 Å². The van der Waals surface area contributed by atoms with Gasteiger partial charge >= 0.3 is 0 Å². The minimum Gasteiger partial charge on any atom is -0.456 e. The molecule has 0 spiro atoms. The van der Waals surface area contributed by atoms with Gasteiger partial charge in [0, 0.05) is 49.1 Å². The predicted octanol–water partition coefficient (Wildman–Crippen LogP) is 15.5. The number of nitrogens with zero attached hydrogens (tertiary/aromatic N) is 2. The Bertz CT molecular complexity index is 4000. The van der Waals surface area contributed by atoms with Crippen molar-refractivity contribution >= 4 is 97.9 Å². The molecule has 13 aromatic rings. The number of fused-ring (bicyclic) bond motifs is 18. The molecule has 0 unspecified atom stereocenters. The molecule has 0 atom stereocenters. The van der Waals surface area contributed by atoms with Crippen LogP contribution in [0.3, 0.4) is 0 Å². The average molecular weight is 765 g/mol. The molecule has 0 fully saturated rings. The van der Waals surface area contributed by atoms with Crippen molar-refractivity contribution in [3.8, 4) is 22.5 Å². The highest BCUT2D eigenvalue weighted by molar-refractivity contribution is 6.26. The van der Waals surface area contributed by atoms with Crippen LogP contribution in [-0.4, -0.2) is 9.13 Å². The maximum atomic E-state index is 6.25. The maximum absolute atomic E-state index is 6.25. The molecule has 10 aromatic carbocycles. The van der Waals surface area contributed by atoms with Crippen LogP contribution in [0.15, 0.2) is 186 Å². The Morgan fingerprint density at radius 2 is 0.733 bits per heavy atom. The highest BCUT2D eigenvalue weighted by Gasteiger charge is 2.37. The summed E-state index contributed by atoms with van der Waals surface area (Å²) in [5.41, 5.74) is 14.2. The van der Waals surface area contributed by atoms with Crippen molar-refractivity contribution in [1.29, 1.82) is 0 Å². The molecule has 14 rings (SSSR count). The lowest BCUT2D eigenvalue weighted by Crippen LogP contribution is -2.15. The molecule has 0 saturated carbocycles. The molecule has 3 heteroatoms. The van der Waals surface area contributed by atoms with Crippen LogP contribution < -0.4 is 0 Å². The number of aromatic nitrogens is 2. The van der Waals surface area contributed by atoms with Crippen molar-refractivity contribution in [3.63, 3.8) is 0 Å². The Balaban J connectivity index is 1.01. The Morgan fingerprint density at radius 3 is 1.30 bits per heavy atom. The first-order valence-electron chi connectivity index (χ1n) is 20.9. The summed E-state index contributed by atoms with van der Waals surface area (Å²) < 4.78 is 11.2. The van der Waals surface area contributed by atoms with Gasteiger partial charge in [-0.25, -0.2) is 0 Å². The molecule has 3 aromatic heterocycles. The minimum atomic E-state index is -0.237. The molecule has 3 nitrogen and oxygen atoms in total. The Hall–Kier alpha value is -7.62. The van der Waals surface area contributed by atoms with Gasteiger partial charge in [-0.3, -0.25) is 0 Å². The summed E-state index contributed by atoms with van der Waals surface area (Å²) in [6.45, 7) is 4.82.